The fourth-order valence-corrected chi connectivity index (χ4v) is 3.29. The van der Waals surface area contributed by atoms with E-state index in [1.807, 2.05) is 24.3 Å². The maximum atomic E-state index is 13.0. The van der Waals surface area contributed by atoms with Crippen LogP contribution in [0.3, 0.4) is 0 Å². The van der Waals surface area contributed by atoms with E-state index in [9.17, 15) is 4.79 Å². The number of hydrogen-bond acceptors (Lipinski definition) is 2. The van der Waals surface area contributed by atoms with Crippen molar-refractivity contribution in [1.29, 1.82) is 0 Å². The summed E-state index contributed by atoms with van der Waals surface area (Å²) in [6.07, 6.45) is 11.4. The van der Waals surface area contributed by atoms with Crippen LogP contribution in [0.15, 0.2) is 24.3 Å². The number of quaternary nitrogens is 1. The van der Waals surface area contributed by atoms with E-state index in [4.69, 9.17) is 4.74 Å². The number of benzene rings is 1. The van der Waals surface area contributed by atoms with Crippen LogP contribution in [0.2, 0.25) is 0 Å². The Kier molecular flexibility index (Phi) is 12.9. The van der Waals surface area contributed by atoms with E-state index in [1.54, 1.807) is 7.11 Å². The van der Waals surface area contributed by atoms with Gasteiger partial charge in [-0.3, -0.25) is 4.79 Å². The molecule has 0 aliphatic heterocycles. The van der Waals surface area contributed by atoms with E-state index < -0.39 is 0 Å². The van der Waals surface area contributed by atoms with Crippen LogP contribution in [0.25, 0.3) is 0 Å². The van der Waals surface area contributed by atoms with Gasteiger partial charge in [0.25, 0.3) is 0 Å². The van der Waals surface area contributed by atoms with Crippen LogP contribution in [0.4, 0.5) is 0 Å². The molecule has 4 heteroatoms. The number of carbonyl (C=O) groups is 1. The first kappa shape index (κ1) is 25.1. The molecule has 1 rings (SSSR count). The fourth-order valence-electron chi connectivity index (χ4n) is 3.29. The number of hydrogen-bond donors (Lipinski definition) is 0. The summed E-state index contributed by atoms with van der Waals surface area (Å²) in [5.74, 6) is 1.04. The van der Waals surface area contributed by atoms with Crippen molar-refractivity contribution in [2.24, 2.45) is 0 Å². The molecule has 3 nitrogen and oxygen atoms in total. The lowest BCUT2D eigenvalue weighted by molar-refractivity contribution is -0.886. The molecule has 0 aromatic heterocycles. The van der Waals surface area contributed by atoms with Gasteiger partial charge >= 0.3 is 0 Å². The third-order valence-corrected chi connectivity index (χ3v) is 4.94. The molecule has 0 fully saturated rings. The molecule has 1 aromatic carbocycles. The number of likely N-dealkylation sites (N-methyl/N-ethyl adjacent to an activating group) is 1. The van der Waals surface area contributed by atoms with Gasteiger partial charge in [-0.15, -0.1) is 17.0 Å². The summed E-state index contributed by atoms with van der Waals surface area (Å²) in [4.78, 5) is 13.0. The van der Waals surface area contributed by atoms with E-state index in [2.05, 4.69) is 28.1 Å². The molecule has 0 heterocycles. The summed E-state index contributed by atoms with van der Waals surface area (Å²) in [5, 5.41) is 0. The second-order valence-corrected chi connectivity index (χ2v) is 7.99. The number of Topliss-reactive ketones (excluding diaryl/α,β-unsaturated/α-hetero) is 1. The summed E-state index contributed by atoms with van der Waals surface area (Å²) in [5.41, 5.74) is 0.790. The molecule has 0 N–H and O–H groups in total. The van der Waals surface area contributed by atoms with Gasteiger partial charge < -0.3 is 9.22 Å². The zero-order chi connectivity index (χ0) is 18.7. The Morgan fingerprint density at radius 3 is 1.88 bits per heavy atom. The average molecular weight is 429 g/mol. The predicted molar refractivity (Wildman–Crippen MR) is 117 cm³/mol. The van der Waals surface area contributed by atoms with E-state index in [0.29, 0.717) is 4.48 Å². The molecule has 0 bridgehead atoms. The Morgan fingerprint density at radius 1 is 0.923 bits per heavy atom. The number of nitrogens with zero attached hydrogens (tertiary/aromatic N) is 1. The third kappa shape index (κ3) is 9.18. The highest BCUT2D eigenvalue weighted by Crippen LogP contribution is 2.20. The first-order valence-electron chi connectivity index (χ1n) is 9.89. The second kappa shape index (κ2) is 13.3. The van der Waals surface area contributed by atoms with E-state index in [-0.39, 0.29) is 28.8 Å². The molecule has 0 aliphatic rings. The van der Waals surface area contributed by atoms with Crippen molar-refractivity contribution >= 4 is 22.8 Å². The second-order valence-electron chi connectivity index (χ2n) is 7.99. The van der Waals surface area contributed by atoms with Crippen LogP contribution < -0.4 is 4.74 Å². The molecule has 0 saturated heterocycles. The number of unbranched alkanes of at least 4 members (excludes halogenated alkanes) is 7. The number of halogens is 1. The minimum absolute atomic E-state index is 0. The van der Waals surface area contributed by atoms with Gasteiger partial charge in [-0.25, -0.2) is 0 Å². The van der Waals surface area contributed by atoms with E-state index >= 15 is 0 Å². The average Bonchev–Trinajstić information content (AvgIpc) is 2.59. The van der Waals surface area contributed by atoms with Crippen LogP contribution >= 0.6 is 17.0 Å². The quantitative estimate of drug-likeness (QED) is 0.216. The molecule has 1 atom stereocenters. The molecule has 26 heavy (non-hydrogen) atoms. The van der Waals surface area contributed by atoms with E-state index in [1.165, 1.54) is 44.9 Å². The summed E-state index contributed by atoms with van der Waals surface area (Å²) < 4.78 is 5.87. The first-order valence-corrected chi connectivity index (χ1v) is 9.89. The third-order valence-electron chi connectivity index (χ3n) is 4.94. The molecule has 0 saturated carbocycles. The Hall–Kier alpha value is -0.870. The predicted octanol–water partition coefficient (Wildman–Crippen LogP) is 6.06. The minimum atomic E-state index is 0. The minimum Gasteiger partial charge on any atom is -0.497 e. The van der Waals surface area contributed by atoms with Gasteiger partial charge in [-0.1, -0.05) is 51.9 Å². The molecule has 0 spiro atoms. The molecule has 1 unspecified atom stereocenters. The van der Waals surface area contributed by atoms with Gasteiger partial charge in [0.05, 0.1) is 28.3 Å². The van der Waals surface area contributed by atoms with Crippen molar-refractivity contribution in [3.63, 3.8) is 0 Å². The highest BCUT2D eigenvalue weighted by atomic mass is 79.9. The summed E-state index contributed by atoms with van der Waals surface area (Å²) in [6, 6.07) is 7.54. The van der Waals surface area contributed by atoms with Crippen LogP contribution in [-0.4, -0.2) is 44.6 Å². The standard InChI is InChI=1S/C22H38NO2.BrH/c1-6-7-8-9-10-11-12-13-14-21(23(2,3)4)22(24)19-15-17-20(25-5)18-16-19;/h15-18,21H,6-14H2,1-5H3;1H/q+1;. The summed E-state index contributed by atoms with van der Waals surface area (Å²) >= 11 is 0. The van der Waals surface area contributed by atoms with Gasteiger partial charge in [0.1, 0.15) is 5.75 Å². The molecule has 0 amide bonds. The van der Waals surface area contributed by atoms with Crippen molar-refractivity contribution in [2.75, 3.05) is 28.3 Å². The van der Waals surface area contributed by atoms with Gasteiger partial charge in [0, 0.05) is 12.0 Å². The normalized spacial score (nSPS) is 12.3. The lowest BCUT2D eigenvalue weighted by Crippen LogP contribution is -2.49. The smallest absolute Gasteiger partial charge is 0.219 e. The number of ketones is 1. The topological polar surface area (TPSA) is 26.3 Å². The monoisotopic (exact) mass is 428 g/mol. The zero-order valence-electron chi connectivity index (χ0n) is 17.4. The van der Waals surface area contributed by atoms with Crippen molar-refractivity contribution in [3.05, 3.63) is 29.8 Å². The highest BCUT2D eigenvalue weighted by molar-refractivity contribution is 8.93. The number of methoxy groups -OCH3 is 1. The lowest BCUT2D eigenvalue weighted by Gasteiger charge is -2.33. The van der Waals surface area contributed by atoms with Crippen LogP contribution in [-0.2, 0) is 0 Å². The van der Waals surface area contributed by atoms with Gasteiger partial charge in [0.2, 0.25) is 5.78 Å². The maximum Gasteiger partial charge on any atom is 0.219 e. The molecule has 0 radical (unpaired) electrons. The summed E-state index contributed by atoms with van der Waals surface area (Å²) in [7, 11) is 8.01. The Morgan fingerprint density at radius 2 is 1.42 bits per heavy atom. The van der Waals surface area contributed by atoms with Crippen molar-refractivity contribution in [2.45, 2.75) is 70.8 Å². The maximum absolute atomic E-state index is 13.0. The molecular weight excluding hydrogens is 390 g/mol. The fraction of sp³-hybridized carbons (Fsp3) is 0.682. The van der Waals surface area contributed by atoms with E-state index in [0.717, 1.165) is 24.2 Å². The van der Waals surface area contributed by atoms with Crippen molar-refractivity contribution in [3.8, 4) is 5.75 Å². The first-order chi connectivity index (χ1) is 11.9. The molecule has 150 valence electrons. The van der Waals surface area contributed by atoms with Gasteiger partial charge in [-0.2, -0.15) is 0 Å². The molecule has 1 aromatic rings. The van der Waals surface area contributed by atoms with Crippen LogP contribution in [0, 0.1) is 0 Å². The van der Waals surface area contributed by atoms with Crippen LogP contribution in [0.5, 0.6) is 5.75 Å². The number of rotatable bonds is 13. The Bertz CT molecular complexity index is 494. The van der Waals surface area contributed by atoms with Crippen molar-refractivity contribution < 1.29 is 14.0 Å². The molecular formula is C22H39BrNO2+. The van der Waals surface area contributed by atoms with Gasteiger partial charge in [-0.05, 0) is 30.7 Å². The SMILES string of the molecule is Br.CCCCCCCCCCC(C(=O)c1ccc(OC)cc1)[N+](C)(C)C. The van der Waals surface area contributed by atoms with Crippen LogP contribution in [0.1, 0.15) is 75.1 Å². The number of carbonyl (C=O) groups excluding carboxylic acids is 1. The lowest BCUT2D eigenvalue weighted by atomic mass is 9.96. The zero-order valence-corrected chi connectivity index (χ0v) is 19.1. The van der Waals surface area contributed by atoms with Gasteiger partial charge in [0.15, 0.2) is 6.04 Å². The van der Waals surface area contributed by atoms with Crippen molar-refractivity contribution in [1.82, 2.24) is 0 Å². The number of ether oxygens (including phenoxy) is 1. The Labute approximate surface area is 171 Å². The summed E-state index contributed by atoms with van der Waals surface area (Å²) in [6.45, 7) is 2.25. The molecule has 0 aliphatic carbocycles. The Balaban J connectivity index is 0.00000625. The highest BCUT2D eigenvalue weighted by Gasteiger charge is 2.31. The largest absolute Gasteiger partial charge is 0.497 e.